The molecule has 1 aliphatic rings. The highest BCUT2D eigenvalue weighted by Crippen LogP contribution is 2.37. The van der Waals surface area contributed by atoms with Gasteiger partial charge < -0.3 is 5.32 Å². The minimum absolute atomic E-state index is 0.0201. The van der Waals surface area contributed by atoms with Gasteiger partial charge in [-0.3, -0.25) is 9.10 Å². The molecule has 0 spiro atoms. The highest BCUT2D eigenvalue weighted by Gasteiger charge is 2.36. The topological polar surface area (TPSA) is 66.5 Å². The minimum atomic E-state index is -3.86. The summed E-state index contributed by atoms with van der Waals surface area (Å²) in [5.41, 5.74) is 3.19. The van der Waals surface area contributed by atoms with E-state index in [9.17, 15) is 17.6 Å². The zero-order valence-electron chi connectivity index (χ0n) is 16.9. The van der Waals surface area contributed by atoms with Gasteiger partial charge in [-0.05, 0) is 86.0 Å². The number of carbonyl (C=O) groups excluding carboxylic acids is 1. The maximum Gasteiger partial charge on any atom is 0.264 e. The van der Waals surface area contributed by atoms with E-state index in [0.717, 1.165) is 23.3 Å². The fourth-order valence-electron chi connectivity index (χ4n) is 3.70. The van der Waals surface area contributed by atoms with E-state index in [1.165, 1.54) is 16.4 Å². The second-order valence-corrected chi connectivity index (χ2v) is 9.79. The zero-order valence-corrected chi connectivity index (χ0v) is 18.5. The molecule has 0 aromatic heterocycles. The Morgan fingerprint density at radius 2 is 1.81 bits per heavy atom. The van der Waals surface area contributed by atoms with Crippen LogP contribution in [0.2, 0.25) is 5.02 Å². The van der Waals surface area contributed by atoms with E-state index in [1.807, 2.05) is 13.0 Å². The largest absolute Gasteiger partial charge is 0.322 e. The van der Waals surface area contributed by atoms with Crippen molar-refractivity contribution in [3.63, 3.8) is 0 Å². The Morgan fingerprint density at radius 1 is 1.10 bits per heavy atom. The van der Waals surface area contributed by atoms with Crippen molar-refractivity contribution in [2.75, 3.05) is 9.62 Å². The SMILES string of the molecule is Cc1ccc(NC(=O)c2ccc3c(c2)C[C@@H](C)N3S(=O)(=O)c2ccc(F)cc2)cc1Cl. The first-order valence-corrected chi connectivity index (χ1v) is 11.5. The molecule has 0 bridgehead atoms. The zero-order chi connectivity index (χ0) is 22.3. The molecule has 1 amide bonds. The first kappa shape index (κ1) is 21.3. The van der Waals surface area contributed by atoms with Crippen LogP contribution in [-0.2, 0) is 16.4 Å². The molecule has 0 radical (unpaired) electrons. The number of amides is 1. The summed E-state index contributed by atoms with van der Waals surface area (Å²) in [7, 11) is -3.86. The summed E-state index contributed by atoms with van der Waals surface area (Å²) >= 11 is 6.12. The van der Waals surface area contributed by atoms with Crippen LogP contribution in [0.1, 0.15) is 28.4 Å². The quantitative estimate of drug-likeness (QED) is 0.585. The fourth-order valence-corrected chi connectivity index (χ4v) is 5.58. The van der Waals surface area contributed by atoms with Gasteiger partial charge in [0.15, 0.2) is 0 Å². The van der Waals surface area contributed by atoms with Crippen molar-refractivity contribution in [2.24, 2.45) is 0 Å². The number of nitrogens with one attached hydrogen (secondary N) is 1. The molecule has 1 atom stereocenters. The third-order valence-corrected chi connectivity index (χ3v) is 7.64. The Kier molecular flexibility index (Phi) is 5.49. The molecule has 8 heteroatoms. The van der Waals surface area contributed by atoms with E-state index in [1.54, 1.807) is 37.3 Å². The predicted octanol–water partition coefficient (Wildman–Crippen LogP) is 5.18. The first-order valence-electron chi connectivity index (χ1n) is 9.67. The summed E-state index contributed by atoms with van der Waals surface area (Å²) in [5.74, 6) is -0.811. The Morgan fingerprint density at radius 3 is 2.48 bits per heavy atom. The Labute approximate surface area is 185 Å². The van der Waals surface area contributed by atoms with Gasteiger partial charge in [0.05, 0.1) is 10.6 Å². The van der Waals surface area contributed by atoms with Gasteiger partial charge in [-0.1, -0.05) is 17.7 Å². The van der Waals surface area contributed by atoms with E-state index in [0.29, 0.717) is 28.4 Å². The lowest BCUT2D eigenvalue weighted by Crippen LogP contribution is -2.35. The number of rotatable bonds is 4. The van der Waals surface area contributed by atoms with E-state index < -0.39 is 15.8 Å². The van der Waals surface area contributed by atoms with Gasteiger partial charge in [-0.2, -0.15) is 0 Å². The number of hydrogen-bond acceptors (Lipinski definition) is 3. The number of hydrogen-bond donors (Lipinski definition) is 1. The molecule has 0 saturated heterocycles. The van der Waals surface area contributed by atoms with Crippen molar-refractivity contribution in [3.8, 4) is 0 Å². The van der Waals surface area contributed by atoms with Gasteiger partial charge in [0.1, 0.15) is 5.82 Å². The number of halogens is 2. The number of benzene rings is 3. The van der Waals surface area contributed by atoms with Crippen LogP contribution in [0.4, 0.5) is 15.8 Å². The van der Waals surface area contributed by atoms with Crippen LogP contribution in [0.25, 0.3) is 0 Å². The predicted molar refractivity (Wildman–Crippen MR) is 120 cm³/mol. The van der Waals surface area contributed by atoms with E-state index in [2.05, 4.69) is 5.32 Å². The third-order valence-electron chi connectivity index (χ3n) is 5.29. The number of carbonyl (C=O) groups is 1. The summed E-state index contributed by atoms with van der Waals surface area (Å²) in [6, 6.07) is 14.6. The Bertz CT molecular complexity index is 1280. The van der Waals surface area contributed by atoms with Crippen LogP contribution in [0, 0.1) is 12.7 Å². The molecule has 3 aromatic carbocycles. The average Bonchev–Trinajstić information content (AvgIpc) is 3.06. The van der Waals surface area contributed by atoms with Crippen molar-refractivity contribution in [2.45, 2.75) is 31.2 Å². The maximum absolute atomic E-state index is 13.2. The van der Waals surface area contributed by atoms with Crippen molar-refractivity contribution < 1.29 is 17.6 Å². The van der Waals surface area contributed by atoms with Gasteiger partial charge in [-0.15, -0.1) is 0 Å². The molecule has 31 heavy (non-hydrogen) atoms. The summed E-state index contributed by atoms with van der Waals surface area (Å²) in [6.45, 7) is 3.68. The average molecular weight is 459 g/mol. The number of sulfonamides is 1. The number of fused-ring (bicyclic) bond motifs is 1. The van der Waals surface area contributed by atoms with Crippen LogP contribution in [-0.4, -0.2) is 20.4 Å². The second-order valence-electron chi connectivity index (χ2n) is 7.57. The Hall–Kier alpha value is -2.90. The van der Waals surface area contributed by atoms with Crippen LogP contribution in [0.3, 0.4) is 0 Å². The molecular weight excluding hydrogens is 439 g/mol. The molecule has 4 rings (SSSR count). The normalized spacial score (nSPS) is 15.6. The summed E-state index contributed by atoms with van der Waals surface area (Å²) in [4.78, 5) is 12.7. The van der Waals surface area contributed by atoms with Crippen LogP contribution < -0.4 is 9.62 Å². The summed E-state index contributed by atoms with van der Waals surface area (Å²) in [5, 5.41) is 3.37. The molecule has 5 nitrogen and oxygen atoms in total. The lowest BCUT2D eigenvalue weighted by Gasteiger charge is -2.24. The molecule has 160 valence electrons. The molecule has 0 aliphatic carbocycles. The molecular formula is C23H20ClFN2O3S. The van der Waals surface area contributed by atoms with Gasteiger partial charge in [0.25, 0.3) is 15.9 Å². The van der Waals surface area contributed by atoms with E-state index in [-0.39, 0.29) is 16.8 Å². The minimum Gasteiger partial charge on any atom is -0.322 e. The number of aryl methyl sites for hydroxylation is 1. The lowest BCUT2D eigenvalue weighted by molar-refractivity contribution is 0.102. The Balaban J connectivity index is 1.62. The molecule has 0 saturated carbocycles. The molecule has 1 heterocycles. The van der Waals surface area contributed by atoms with Gasteiger partial charge in [-0.25, -0.2) is 12.8 Å². The van der Waals surface area contributed by atoms with Gasteiger partial charge >= 0.3 is 0 Å². The molecule has 0 unspecified atom stereocenters. The second kappa shape index (κ2) is 7.98. The van der Waals surface area contributed by atoms with Crippen LogP contribution in [0.5, 0.6) is 0 Å². The number of nitrogens with zero attached hydrogens (tertiary/aromatic N) is 1. The standard InChI is InChI=1S/C23H20ClFN2O3S/c1-14-3-7-19(13-21(14)24)26-23(28)16-4-10-22-17(12-16)11-15(2)27(22)31(29,30)20-8-5-18(25)6-9-20/h3-10,12-13,15H,11H2,1-2H3,(H,26,28)/t15-/m1/s1. The van der Waals surface area contributed by atoms with Gasteiger partial charge in [0, 0.05) is 22.3 Å². The highest BCUT2D eigenvalue weighted by molar-refractivity contribution is 7.92. The van der Waals surface area contributed by atoms with E-state index in [4.69, 9.17) is 11.6 Å². The molecule has 0 fully saturated rings. The summed E-state index contributed by atoms with van der Waals surface area (Å²) in [6.07, 6.45) is 0.466. The summed E-state index contributed by atoms with van der Waals surface area (Å²) < 4.78 is 40.9. The van der Waals surface area contributed by atoms with Crippen LogP contribution in [0.15, 0.2) is 65.6 Å². The smallest absolute Gasteiger partial charge is 0.264 e. The van der Waals surface area contributed by atoms with Crippen molar-refractivity contribution in [1.29, 1.82) is 0 Å². The molecule has 3 aromatic rings. The van der Waals surface area contributed by atoms with Crippen molar-refractivity contribution in [1.82, 2.24) is 0 Å². The molecule has 1 aliphatic heterocycles. The van der Waals surface area contributed by atoms with Crippen molar-refractivity contribution >= 4 is 38.9 Å². The third kappa shape index (κ3) is 4.03. The maximum atomic E-state index is 13.2. The lowest BCUT2D eigenvalue weighted by atomic mass is 10.1. The number of anilines is 2. The monoisotopic (exact) mass is 458 g/mol. The van der Waals surface area contributed by atoms with E-state index >= 15 is 0 Å². The van der Waals surface area contributed by atoms with Crippen molar-refractivity contribution in [3.05, 3.63) is 88.2 Å². The van der Waals surface area contributed by atoms with Crippen LogP contribution >= 0.6 is 11.6 Å². The van der Waals surface area contributed by atoms with Gasteiger partial charge in [0.2, 0.25) is 0 Å². The highest BCUT2D eigenvalue weighted by atomic mass is 35.5. The fraction of sp³-hybridized carbons (Fsp3) is 0.174. The first-order chi connectivity index (χ1) is 14.7. The molecule has 1 N–H and O–H groups in total.